The number of rotatable bonds is 5. The van der Waals surface area contributed by atoms with Crippen molar-refractivity contribution in [1.82, 2.24) is 4.90 Å². The summed E-state index contributed by atoms with van der Waals surface area (Å²) in [6.45, 7) is 0. The van der Waals surface area contributed by atoms with E-state index in [0.717, 1.165) is 19.3 Å². The highest BCUT2D eigenvalue weighted by atomic mass is 16.5. The molecule has 2 bridgehead atoms. The van der Waals surface area contributed by atoms with E-state index in [2.05, 4.69) is 11.9 Å². The predicted octanol–water partition coefficient (Wildman–Crippen LogP) is 3.48. The number of aliphatic hydroxyl groups is 1. The van der Waals surface area contributed by atoms with Crippen molar-refractivity contribution in [2.24, 2.45) is 0 Å². The molecule has 0 saturated carbocycles. The van der Waals surface area contributed by atoms with Crippen LogP contribution in [0.1, 0.15) is 43.2 Å². The largest absolute Gasteiger partial charge is 0.461 e. The van der Waals surface area contributed by atoms with E-state index >= 15 is 0 Å². The summed E-state index contributed by atoms with van der Waals surface area (Å²) in [6, 6.07) is 19.7. The monoisotopic (exact) mass is 365 g/mol. The Morgan fingerprint density at radius 1 is 1.00 bits per heavy atom. The summed E-state index contributed by atoms with van der Waals surface area (Å²) in [7, 11) is 2.13. The molecule has 3 atom stereocenters. The Hall–Kier alpha value is -2.17. The van der Waals surface area contributed by atoms with Crippen molar-refractivity contribution in [3.05, 3.63) is 71.8 Å². The first-order valence-electron chi connectivity index (χ1n) is 9.83. The van der Waals surface area contributed by atoms with Crippen LogP contribution in [0.25, 0.3) is 0 Å². The third kappa shape index (κ3) is 3.52. The van der Waals surface area contributed by atoms with E-state index in [1.54, 1.807) is 0 Å². The third-order valence-electron chi connectivity index (χ3n) is 6.29. The quantitative estimate of drug-likeness (QED) is 0.824. The zero-order valence-corrected chi connectivity index (χ0v) is 15.8. The van der Waals surface area contributed by atoms with Crippen LogP contribution >= 0.6 is 0 Å². The smallest absolute Gasteiger partial charge is 0.309 e. The molecule has 2 aromatic carbocycles. The molecule has 1 N–H and O–H groups in total. The summed E-state index contributed by atoms with van der Waals surface area (Å²) in [5.74, 6) is -0.339. The summed E-state index contributed by atoms with van der Waals surface area (Å²) in [6.07, 6.45) is 4.11. The molecule has 2 heterocycles. The van der Waals surface area contributed by atoms with E-state index < -0.39 is 5.60 Å². The fourth-order valence-corrected chi connectivity index (χ4v) is 4.74. The number of fused-ring (bicyclic) bond motifs is 2. The van der Waals surface area contributed by atoms with Gasteiger partial charge in [0.2, 0.25) is 0 Å². The van der Waals surface area contributed by atoms with Gasteiger partial charge in [-0.05, 0) is 43.9 Å². The van der Waals surface area contributed by atoms with Gasteiger partial charge in [-0.2, -0.15) is 0 Å². The lowest BCUT2D eigenvalue weighted by Gasteiger charge is -2.37. The maximum Gasteiger partial charge on any atom is 0.309 e. The minimum Gasteiger partial charge on any atom is -0.461 e. The number of benzene rings is 2. The number of carbonyl (C=O) groups excluding carboxylic acids is 1. The second-order valence-corrected chi connectivity index (χ2v) is 7.84. The molecule has 2 aromatic rings. The van der Waals surface area contributed by atoms with Crippen molar-refractivity contribution in [3.8, 4) is 0 Å². The number of hydrogen-bond acceptors (Lipinski definition) is 4. The van der Waals surface area contributed by atoms with Crippen LogP contribution in [-0.4, -0.2) is 41.2 Å². The van der Waals surface area contributed by atoms with E-state index in [0.29, 0.717) is 23.2 Å². The molecule has 0 spiro atoms. The average Bonchev–Trinajstić information content (AvgIpc) is 2.93. The first kappa shape index (κ1) is 18.2. The Kier molecular flexibility index (Phi) is 5.02. The van der Waals surface area contributed by atoms with Crippen LogP contribution in [0.3, 0.4) is 0 Å². The minimum absolute atomic E-state index is 0.0722. The summed E-state index contributed by atoms with van der Waals surface area (Å²) in [5.41, 5.74) is 0.0166. The third-order valence-corrected chi connectivity index (χ3v) is 6.29. The van der Waals surface area contributed by atoms with Gasteiger partial charge in [0, 0.05) is 12.1 Å². The number of piperidine rings is 1. The van der Waals surface area contributed by atoms with Crippen LogP contribution in [-0.2, 0) is 15.1 Å². The molecule has 0 radical (unpaired) electrons. The molecule has 27 heavy (non-hydrogen) atoms. The molecule has 142 valence electrons. The van der Waals surface area contributed by atoms with Gasteiger partial charge in [0.05, 0.1) is 6.42 Å². The predicted molar refractivity (Wildman–Crippen MR) is 104 cm³/mol. The Labute approximate surface area is 160 Å². The van der Waals surface area contributed by atoms with E-state index in [9.17, 15) is 9.90 Å². The maximum atomic E-state index is 12.9. The molecule has 2 saturated heterocycles. The maximum absolute atomic E-state index is 12.9. The second kappa shape index (κ2) is 7.45. The van der Waals surface area contributed by atoms with Crippen LogP contribution in [0, 0.1) is 0 Å². The van der Waals surface area contributed by atoms with Crippen LogP contribution in [0.15, 0.2) is 60.7 Å². The molecule has 2 fully saturated rings. The Balaban J connectivity index is 1.54. The van der Waals surface area contributed by atoms with Gasteiger partial charge in [-0.3, -0.25) is 9.69 Å². The Bertz CT molecular complexity index is 737. The lowest BCUT2D eigenvalue weighted by atomic mass is 9.83. The fourth-order valence-electron chi connectivity index (χ4n) is 4.74. The molecular formula is C23H27NO3. The summed E-state index contributed by atoms with van der Waals surface area (Å²) in [4.78, 5) is 15.2. The molecule has 2 aliphatic rings. The number of likely N-dealkylation sites (N-methyl/N-ethyl adjacent to an activating group) is 1. The number of nitrogens with zero attached hydrogens (tertiary/aromatic N) is 1. The highest BCUT2D eigenvalue weighted by molar-refractivity contribution is 5.72. The van der Waals surface area contributed by atoms with Crippen molar-refractivity contribution in [1.29, 1.82) is 0 Å². The van der Waals surface area contributed by atoms with Crippen molar-refractivity contribution in [2.45, 2.75) is 55.9 Å². The average molecular weight is 365 g/mol. The van der Waals surface area contributed by atoms with Crippen LogP contribution < -0.4 is 0 Å². The Morgan fingerprint density at radius 2 is 1.56 bits per heavy atom. The van der Waals surface area contributed by atoms with Gasteiger partial charge in [-0.1, -0.05) is 60.7 Å². The molecule has 0 aromatic heterocycles. The first-order valence-corrected chi connectivity index (χ1v) is 9.83. The van der Waals surface area contributed by atoms with E-state index in [1.165, 1.54) is 6.42 Å². The zero-order valence-electron chi connectivity index (χ0n) is 15.8. The van der Waals surface area contributed by atoms with Gasteiger partial charge < -0.3 is 9.84 Å². The topological polar surface area (TPSA) is 49.8 Å². The van der Waals surface area contributed by atoms with E-state index in [1.807, 2.05) is 60.7 Å². The summed E-state index contributed by atoms with van der Waals surface area (Å²) >= 11 is 0. The Morgan fingerprint density at radius 3 is 2.15 bits per heavy atom. The van der Waals surface area contributed by atoms with Crippen molar-refractivity contribution in [2.75, 3.05) is 7.05 Å². The van der Waals surface area contributed by atoms with Gasteiger partial charge >= 0.3 is 5.97 Å². The molecule has 4 nitrogen and oxygen atoms in total. The molecule has 0 unspecified atom stereocenters. The number of esters is 1. The molecule has 4 rings (SSSR count). The number of ether oxygens (including phenoxy) is 1. The standard InChI is InChI=1S/C23H27NO3/c1-24-19-12-14-20(24)21(15-13-19)27-22(25)16-23(26,17-8-4-2-5-9-17)18-10-6-3-7-11-18/h2-11,19-21,26H,12-16H2,1H3/t19-,20+,21+/m0/s1. The summed E-state index contributed by atoms with van der Waals surface area (Å²) in [5, 5.41) is 11.5. The van der Waals surface area contributed by atoms with E-state index in [-0.39, 0.29) is 18.5 Å². The lowest BCUT2D eigenvalue weighted by molar-refractivity contribution is -0.158. The fraction of sp³-hybridized carbons (Fsp3) is 0.435. The van der Waals surface area contributed by atoms with Crippen LogP contribution in [0.2, 0.25) is 0 Å². The van der Waals surface area contributed by atoms with Crippen molar-refractivity contribution < 1.29 is 14.6 Å². The van der Waals surface area contributed by atoms with Gasteiger partial charge in [0.25, 0.3) is 0 Å². The molecule has 0 amide bonds. The van der Waals surface area contributed by atoms with Gasteiger partial charge in [0.1, 0.15) is 11.7 Å². The molecular weight excluding hydrogens is 338 g/mol. The van der Waals surface area contributed by atoms with E-state index in [4.69, 9.17) is 4.74 Å². The highest BCUT2D eigenvalue weighted by Crippen LogP contribution is 2.37. The van der Waals surface area contributed by atoms with Crippen LogP contribution in [0.4, 0.5) is 0 Å². The highest BCUT2D eigenvalue weighted by Gasteiger charge is 2.43. The van der Waals surface area contributed by atoms with Crippen LogP contribution in [0.5, 0.6) is 0 Å². The van der Waals surface area contributed by atoms with Gasteiger partial charge in [0.15, 0.2) is 0 Å². The minimum atomic E-state index is -1.39. The second-order valence-electron chi connectivity index (χ2n) is 7.84. The molecule has 4 heteroatoms. The SMILES string of the molecule is CN1[C@H]2CC[C@@H]1[C@H](OC(=O)CC(O)(c1ccccc1)c1ccccc1)CC2. The number of hydrogen-bond donors (Lipinski definition) is 1. The lowest BCUT2D eigenvalue weighted by Crippen LogP contribution is -2.47. The van der Waals surface area contributed by atoms with Crippen molar-refractivity contribution >= 4 is 5.97 Å². The normalized spacial score (nSPS) is 25.3. The summed E-state index contributed by atoms with van der Waals surface area (Å²) < 4.78 is 5.89. The first-order chi connectivity index (χ1) is 13.1. The molecule has 2 aliphatic heterocycles. The zero-order chi connectivity index (χ0) is 18.9. The number of carbonyl (C=O) groups is 1. The van der Waals surface area contributed by atoms with Gasteiger partial charge in [-0.25, -0.2) is 0 Å². The van der Waals surface area contributed by atoms with Crippen molar-refractivity contribution in [3.63, 3.8) is 0 Å². The van der Waals surface area contributed by atoms with Gasteiger partial charge in [-0.15, -0.1) is 0 Å². The molecule has 0 aliphatic carbocycles.